The SMILES string of the molecule is NNS(=O)(=O)O.NNS(=O)(=O)O.c1ccc(Sc2ccccc2)cc1. The van der Waals surface area contributed by atoms with Crippen LogP contribution in [-0.2, 0) is 20.6 Å². The number of benzene rings is 2. The minimum absolute atomic E-state index is 1.13. The largest absolute Gasteiger partial charge is 0.346 e. The minimum atomic E-state index is -4.13. The highest BCUT2D eigenvalue weighted by Crippen LogP contribution is 2.26. The maximum Gasteiger partial charge on any atom is 0.346 e. The van der Waals surface area contributed by atoms with Crippen molar-refractivity contribution in [1.29, 1.82) is 0 Å². The molecule has 0 heterocycles. The van der Waals surface area contributed by atoms with Gasteiger partial charge in [-0.1, -0.05) is 48.2 Å². The summed E-state index contributed by atoms with van der Waals surface area (Å²) in [6.45, 7) is 0. The van der Waals surface area contributed by atoms with Crippen molar-refractivity contribution >= 4 is 32.4 Å². The molecule has 2 rings (SSSR count). The summed E-state index contributed by atoms with van der Waals surface area (Å²) in [5, 5.41) is 0. The van der Waals surface area contributed by atoms with Crippen molar-refractivity contribution in [2.24, 2.45) is 11.7 Å². The van der Waals surface area contributed by atoms with Crippen LogP contribution in [0.4, 0.5) is 0 Å². The van der Waals surface area contributed by atoms with Crippen LogP contribution in [-0.4, -0.2) is 25.9 Å². The molecule has 2 aromatic rings. The quantitative estimate of drug-likeness (QED) is 0.235. The fraction of sp³-hybridized carbons (Fsp3) is 0. The molecule has 0 saturated heterocycles. The molecule has 0 aliphatic rings. The van der Waals surface area contributed by atoms with Crippen molar-refractivity contribution in [3.63, 3.8) is 0 Å². The van der Waals surface area contributed by atoms with E-state index in [0.29, 0.717) is 0 Å². The van der Waals surface area contributed by atoms with Gasteiger partial charge in [0.2, 0.25) is 0 Å². The molecule has 0 atom stereocenters. The summed E-state index contributed by atoms with van der Waals surface area (Å²) in [5.74, 6) is 8.44. The molecule has 0 radical (unpaired) electrons. The number of rotatable bonds is 4. The van der Waals surface area contributed by atoms with Gasteiger partial charge in [0.25, 0.3) is 0 Å². The second kappa shape index (κ2) is 11.9. The maximum absolute atomic E-state index is 9.32. The molecule has 2 aromatic carbocycles. The van der Waals surface area contributed by atoms with Crippen molar-refractivity contribution in [2.45, 2.75) is 9.79 Å². The predicted molar refractivity (Wildman–Crippen MR) is 94.8 cm³/mol. The Morgan fingerprint density at radius 3 is 1.12 bits per heavy atom. The first kappa shape index (κ1) is 23.4. The lowest BCUT2D eigenvalue weighted by Gasteiger charge is -1.99. The zero-order valence-electron chi connectivity index (χ0n) is 12.7. The third-order valence-corrected chi connectivity index (χ3v) is 3.63. The Bertz CT molecular complexity index is 732. The monoisotopic (exact) mass is 410 g/mol. The summed E-state index contributed by atoms with van der Waals surface area (Å²) < 4.78 is 52.4. The molecule has 25 heavy (non-hydrogen) atoms. The average molecular weight is 410 g/mol. The zero-order valence-corrected chi connectivity index (χ0v) is 15.1. The number of hydrazine groups is 2. The smallest absolute Gasteiger partial charge is 0.273 e. The summed E-state index contributed by atoms with van der Waals surface area (Å²) >= 11 is 1.79. The highest BCUT2D eigenvalue weighted by molar-refractivity contribution is 7.99. The molecule has 0 saturated carbocycles. The molecule has 13 heteroatoms. The Hall–Kier alpha value is -1.55. The van der Waals surface area contributed by atoms with Gasteiger partial charge in [-0.15, -0.1) is 9.66 Å². The van der Waals surface area contributed by atoms with Crippen molar-refractivity contribution in [1.82, 2.24) is 9.66 Å². The fourth-order valence-corrected chi connectivity index (χ4v) is 1.97. The van der Waals surface area contributed by atoms with E-state index in [4.69, 9.17) is 9.11 Å². The van der Waals surface area contributed by atoms with E-state index in [1.54, 1.807) is 11.8 Å². The van der Waals surface area contributed by atoms with E-state index in [0.717, 1.165) is 9.66 Å². The standard InChI is InChI=1S/C12H10S.2H4N2O3S/c1-3-7-11(8-4-1)13-12-9-5-2-6-10-12;2*1-2-6(3,4)5/h1-10H;2*2H,1H2,(H,3,4,5). The van der Waals surface area contributed by atoms with Gasteiger partial charge in [0.15, 0.2) is 0 Å². The Morgan fingerprint density at radius 1 is 0.680 bits per heavy atom. The van der Waals surface area contributed by atoms with Crippen LogP contribution in [0.3, 0.4) is 0 Å². The van der Waals surface area contributed by atoms with Crippen LogP contribution in [0.5, 0.6) is 0 Å². The lowest BCUT2D eigenvalue weighted by atomic mass is 10.4. The van der Waals surface area contributed by atoms with Gasteiger partial charge in [-0.3, -0.25) is 20.8 Å². The van der Waals surface area contributed by atoms with E-state index in [1.165, 1.54) is 9.79 Å². The molecule has 0 amide bonds. The van der Waals surface area contributed by atoms with Gasteiger partial charge in [0, 0.05) is 9.79 Å². The van der Waals surface area contributed by atoms with Crippen LogP contribution in [0.15, 0.2) is 70.5 Å². The van der Waals surface area contributed by atoms with E-state index in [2.05, 4.69) is 60.2 Å². The normalized spacial score (nSPS) is 10.7. The molecule has 0 fully saturated rings. The van der Waals surface area contributed by atoms with E-state index >= 15 is 0 Å². The Balaban J connectivity index is 0.000000406. The highest BCUT2D eigenvalue weighted by atomic mass is 32.2. The third-order valence-electron chi connectivity index (χ3n) is 2.02. The molecular formula is C12H18N4O6S3. The molecule has 0 aromatic heterocycles. The number of nitrogens with two attached hydrogens (primary N) is 2. The van der Waals surface area contributed by atoms with Gasteiger partial charge in [0.05, 0.1) is 0 Å². The summed E-state index contributed by atoms with van der Waals surface area (Å²) in [6.07, 6.45) is 0. The molecule has 0 aliphatic heterocycles. The van der Waals surface area contributed by atoms with Gasteiger partial charge < -0.3 is 0 Å². The Labute approximate surface area is 150 Å². The summed E-state index contributed by atoms with van der Waals surface area (Å²) in [7, 11) is -8.27. The average Bonchev–Trinajstić information content (AvgIpc) is 2.57. The highest BCUT2D eigenvalue weighted by Gasteiger charge is 1.93. The topological polar surface area (TPSA) is 185 Å². The zero-order chi connectivity index (χ0) is 19.3. The number of hydrogen-bond acceptors (Lipinski definition) is 7. The molecule has 10 nitrogen and oxygen atoms in total. The van der Waals surface area contributed by atoms with E-state index in [9.17, 15) is 16.8 Å². The van der Waals surface area contributed by atoms with Crippen molar-refractivity contribution < 1.29 is 25.9 Å². The summed E-state index contributed by atoms with van der Waals surface area (Å²) in [6, 6.07) is 20.8. The first-order valence-corrected chi connectivity index (χ1v) is 9.94. The number of hydrogen-bond donors (Lipinski definition) is 6. The van der Waals surface area contributed by atoms with E-state index in [1.807, 2.05) is 12.1 Å². The molecule has 0 unspecified atom stereocenters. The Kier molecular flexibility index (Phi) is 11.2. The van der Waals surface area contributed by atoms with Crippen molar-refractivity contribution in [3.8, 4) is 0 Å². The van der Waals surface area contributed by atoms with Crippen LogP contribution in [0.25, 0.3) is 0 Å². The minimum Gasteiger partial charge on any atom is -0.273 e. The molecule has 0 bridgehead atoms. The van der Waals surface area contributed by atoms with Gasteiger partial charge in [-0.2, -0.15) is 16.8 Å². The van der Waals surface area contributed by atoms with Crippen LogP contribution >= 0.6 is 11.8 Å². The second-order valence-electron chi connectivity index (χ2n) is 3.91. The van der Waals surface area contributed by atoms with Gasteiger partial charge >= 0.3 is 20.6 Å². The van der Waals surface area contributed by atoms with Crippen LogP contribution in [0.2, 0.25) is 0 Å². The Morgan fingerprint density at radius 2 is 0.920 bits per heavy atom. The fourth-order valence-electron chi connectivity index (χ4n) is 1.11. The van der Waals surface area contributed by atoms with Crippen LogP contribution < -0.4 is 21.3 Å². The lowest BCUT2D eigenvalue weighted by Crippen LogP contribution is -2.29. The predicted octanol–water partition coefficient (Wildman–Crippen LogP) is 0.343. The second-order valence-corrected chi connectivity index (χ2v) is 7.43. The van der Waals surface area contributed by atoms with Crippen LogP contribution in [0.1, 0.15) is 0 Å². The third kappa shape index (κ3) is 15.7. The van der Waals surface area contributed by atoms with E-state index in [-0.39, 0.29) is 0 Å². The van der Waals surface area contributed by atoms with Gasteiger partial charge in [-0.25, -0.2) is 0 Å². The van der Waals surface area contributed by atoms with Crippen molar-refractivity contribution in [2.75, 3.05) is 0 Å². The molecule has 140 valence electrons. The summed E-state index contributed by atoms with van der Waals surface area (Å²) in [5.41, 5.74) is 0. The first-order chi connectivity index (χ1) is 11.6. The first-order valence-electron chi connectivity index (χ1n) is 6.25. The molecule has 8 N–H and O–H groups in total. The van der Waals surface area contributed by atoms with Crippen LogP contribution in [0, 0.1) is 0 Å². The maximum atomic E-state index is 9.32. The van der Waals surface area contributed by atoms with Gasteiger partial charge in [-0.05, 0) is 24.3 Å². The summed E-state index contributed by atoms with van der Waals surface area (Å²) in [4.78, 5) is 4.84. The van der Waals surface area contributed by atoms with Crippen molar-refractivity contribution in [3.05, 3.63) is 60.7 Å². The van der Waals surface area contributed by atoms with E-state index < -0.39 is 20.6 Å². The lowest BCUT2D eigenvalue weighted by molar-refractivity contribution is 0.467. The van der Waals surface area contributed by atoms with Gasteiger partial charge in [0.1, 0.15) is 0 Å². The molecule has 0 spiro atoms. The number of nitrogens with one attached hydrogen (secondary N) is 2. The molecular weight excluding hydrogens is 392 g/mol. The molecule has 0 aliphatic carbocycles.